The number of benzene rings is 6. The number of nitrogens with two attached hydrogens (primary N) is 1. The van der Waals surface area contributed by atoms with E-state index in [1.807, 2.05) is 5.43 Å². The van der Waals surface area contributed by atoms with Gasteiger partial charge in [0.2, 0.25) is 0 Å². The average molecular weight is 690 g/mol. The standard InChI is InChI=1S/2C18H15P.CH6N2O.Rh/c2*1-4-10-16(11-5-1)19(17-12-6-2-7-13-17)18-14-8-3-9-15-18;2-3-1-4;/h2*1-15H;3-4H,1-2H2;. The first-order valence-corrected chi connectivity index (χ1v) is 16.4. The van der Waals surface area contributed by atoms with Crippen molar-refractivity contribution in [1.29, 1.82) is 0 Å². The van der Waals surface area contributed by atoms with Gasteiger partial charge in [-0.2, -0.15) is 0 Å². The molecule has 6 aromatic carbocycles. The number of nitrogens with one attached hydrogen (secondary N) is 1. The van der Waals surface area contributed by atoms with Crippen LogP contribution in [0.5, 0.6) is 0 Å². The minimum Gasteiger partial charge on any atom is -0.380 e. The molecule has 0 aliphatic rings. The number of hydrazine groups is 1. The molecule has 6 heteroatoms. The maximum atomic E-state index is 7.64. The largest absolute Gasteiger partial charge is 0.380 e. The van der Waals surface area contributed by atoms with Gasteiger partial charge < -0.3 is 5.11 Å². The molecule has 0 fully saturated rings. The molecule has 0 unspecified atom stereocenters. The number of rotatable bonds is 7. The van der Waals surface area contributed by atoms with Crippen LogP contribution in [0.25, 0.3) is 0 Å². The summed E-state index contributed by atoms with van der Waals surface area (Å²) >= 11 is 0. The van der Waals surface area contributed by atoms with Crippen LogP contribution in [-0.4, -0.2) is 11.8 Å². The van der Waals surface area contributed by atoms with Crippen LogP contribution in [-0.2, 0) is 19.5 Å². The molecule has 0 amide bonds. The zero-order valence-corrected chi connectivity index (χ0v) is 27.2. The Balaban J connectivity index is 0.000000206. The van der Waals surface area contributed by atoms with Crippen molar-refractivity contribution in [2.75, 3.05) is 6.73 Å². The van der Waals surface area contributed by atoms with E-state index >= 15 is 0 Å². The second-order valence-corrected chi connectivity index (χ2v) is 13.5. The third-order valence-corrected chi connectivity index (χ3v) is 11.1. The van der Waals surface area contributed by atoms with E-state index in [2.05, 4.69) is 188 Å². The zero-order valence-electron chi connectivity index (χ0n) is 23.8. The molecule has 0 spiro atoms. The van der Waals surface area contributed by atoms with E-state index in [1.54, 1.807) is 0 Å². The van der Waals surface area contributed by atoms with Gasteiger partial charge in [0.15, 0.2) is 0 Å². The predicted octanol–water partition coefficient (Wildman–Crippen LogP) is 5.29. The fourth-order valence-electron chi connectivity index (χ4n) is 4.36. The quantitative estimate of drug-likeness (QED) is 0.0703. The third kappa shape index (κ3) is 10.7. The third-order valence-electron chi connectivity index (χ3n) is 6.18. The van der Waals surface area contributed by atoms with E-state index in [4.69, 9.17) is 5.11 Å². The molecule has 0 atom stereocenters. The Morgan fingerprint density at radius 2 is 0.512 bits per heavy atom. The summed E-state index contributed by atoms with van der Waals surface area (Å²) in [6.07, 6.45) is 0. The van der Waals surface area contributed by atoms with Gasteiger partial charge in [0, 0.05) is 19.5 Å². The van der Waals surface area contributed by atoms with Crippen LogP contribution in [0.4, 0.5) is 0 Å². The first kappa shape index (κ1) is 34.2. The van der Waals surface area contributed by atoms with Crippen LogP contribution in [0.1, 0.15) is 0 Å². The average Bonchev–Trinajstić information content (AvgIpc) is 3.08. The van der Waals surface area contributed by atoms with Crippen LogP contribution in [0.15, 0.2) is 182 Å². The first-order valence-electron chi connectivity index (χ1n) is 13.8. The van der Waals surface area contributed by atoms with E-state index in [9.17, 15) is 0 Å². The summed E-state index contributed by atoms with van der Waals surface area (Å²) in [5.74, 6) is 4.53. The van der Waals surface area contributed by atoms with E-state index in [-0.39, 0.29) is 26.2 Å². The van der Waals surface area contributed by atoms with Crippen LogP contribution >= 0.6 is 15.8 Å². The molecule has 4 N–H and O–H groups in total. The molecule has 0 aliphatic heterocycles. The Morgan fingerprint density at radius 3 is 0.628 bits per heavy atom. The van der Waals surface area contributed by atoms with Gasteiger partial charge in [-0.05, 0) is 47.7 Å². The Hall–Kier alpha value is -3.32. The van der Waals surface area contributed by atoms with Gasteiger partial charge in [0.25, 0.3) is 0 Å². The molecule has 219 valence electrons. The molecule has 0 aromatic heterocycles. The van der Waals surface area contributed by atoms with Crippen LogP contribution in [0, 0.1) is 0 Å². The molecule has 0 aliphatic carbocycles. The van der Waals surface area contributed by atoms with Crippen LogP contribution < -0.4 is 43.1 Å². The normalized spacial score (nSPS) is 10.0. The number of hydrogen-bond acceptors (Lipinski definition) is 3. The minimum absolute atomic E-state index is 0. The van der Waals surface area contributed by atoms with Crippen molar-refractivity contribution in [2.24, 2.45) is 5.84 Å². The van der Waals surface area contributed by atoms with Crippen molar-refractivity contribution < 1.29 is 24.6 Å². The van der Waals surface area contributed by atoms with E-state index < -0.39 is 15.8 Å². The summed E-state index contributed by atoms with van der Waals surface area (Å²) in [7, 11) is -0.892. The molecule has 1 radical (unpaired) electrons. The van der Waals surface area contributed by atoms with E-state index in [0.29, 0.717) is 0 Å². The van der Waals surface area contributed by atoms with Gasteiger partial charge in [-0.15, -0.1) is 0 Å². The molecule has 0 saturated carbocycles. The van der Waals surface area contributed by atoms with Gasteiger partial charge in [-0.25, -0.2) is 5.43 Å². The zero-order chi connectivity index (χ0) is 29.2. The summed E-state index contributed by atoms with van der Waals surface area (Å²) in [6, 6.07) is 64.7. The summed E-state index contributed by atoms with van der Waals surface area (Å²) < 4.78 is 0. The van der Waals surface area contributed by atoms with E-state index in [0.717, 1.165) is 0 Å². The topological polar surface area (TPSA) is 58.3 Å². The van der Waals surface area contributed by atoms with Gasteiger partial charge >= 0.3 is 0 Å². The molecule has 43 heavy (non-hydrogen) atoms. The second kappa shape index (κ2) is 19.8. The summed E-state index contributed by atoms with van der Waals surface area (Å²) in [5.41, 5.74) is 1.99. The van der Waals surface area contributed by atoms with Gasteiger partial charge in [0.05, 0.1) is 0 Å². The van der Waals surface area contributed by atoms with Gasteiger partial charge in [-0.1, -0.05) is 182 Å². The molecule has 0 heterocycles. The maximum Gasteiger partial charge on any atom is 0.105 e. The molecule has 6 aromatic rings. The smallest absolute Gasteiger partial charge is 0.105 e. The summed E-state index contributed by atoms with van der Waals surface area (Å²) in [4.78, 5) is 0. The van der Waals surface area contributed by atoms with Crippen molar-refractivity contribution in [3.05, 3.63) is 182 Å². The number of aliphatic hydroxyl groups excluding tert-OH is 1. The minimum atomic E-state index is -0.446. The van der Waals surface area contributed by atoms with Gasteiger partial charge in [0.1, 0.15) is 6.73 Å². The maximum absolute atomic E-state index is 7.64. The van der Waals surface area contributed by atoms with Gasteiger partial charge in [-0.3, -0.25) is 5.84 Å². The monoisotopic (exact) mass is 689 g/mol. The Bertz CT molecular complexity index is 1220. The van der Waals surface area contributed by atoms with Crippen molar-refractivity contribution in [3.63, 3.8) is 0 Å². The van der Waals surface area contributed by atoms with E-state index in [1.165, 1.54) is 31.8 Å². The number of hydrogen-bond donors (Lipinski definition) is 3. The van der Waals surface area contributed by atoms with Crippen molar-refractivity contribution in [1.82, 2.24) is 5.43 Å². The van der Waals surface area contributed by atoms with Crippen LogP contribution in [0.2, 0.25) is 0 Å². The number of aliphatic hydroxyl groups is 1. The molecular weight excluding hydrogens is 653 g/mol. The Kier molecular flexibility index (Phi) is 15.7. The van der Waals surface area contributed by atoms with Crippen molar-refractivity contribution in [3.8, 4) is 0 Å². The molecule has 0 bridgehead atoms. The molecule has 6 rings (SSSR count). The first-order chi connectivity index (χ1) is 20.8. The summed E-state index contributed by atoms with van der Waals surface area (Å²) in [5, 5.41) is 16.0. The Labute approximate surface area is 271 Å². The predicted molar refractivity (Wildman–Crippen MR) is 185 cm³/mol. The molecular formula is C37H36N2OP2Rh. The van der Waals surface area contributed by atoms with Crippen molar-refractivity contribution >= 4 is 47.7 Å². The molecule has 0 saturated heterocycles. The Morgan fingerprint density at radius 1 is 0.372 bits per heavy atom. The second-order valence-electron chi connectivity index (χ2n) is 9.05. The molecule has 3 nitrogen and oxygen atoms in total. The van der Waals surface area contributed by atoms with Crippen LogP contribution in [0.3, 0.4) is 0 Å². The fourth-order valence-corrected chi connectivity index (χ4v) is 8.97. The summed E-state index contributed by atoms with van der Waals surface area (Å²) in [6.45, 7) is -0.153. The van der Waals surface area contributed by atoms with Crippen molar-refractivity contribution in [2.45, 2.75) is 0 Å². The fraction of sp³-hybridized carbons (Fsp3) is 0.0270. The SMILES string of the molecule is NNCO.[Rh].c1ccc(P(c2ccccc2)c2ccccc2)cc1.c1ccc(P(c2ccccc2)c2ccccc2)cc1.